The molecule has 2 rings (SSSR count). The zero-order valence-corrected chi connectivity index (χ0v) is 13.3. The van der Waals surface area contributed by atoms with Crippen LogP contribution in [0.5, 0.6) is 0 Å². The number of esters is 1. The van der Waals surface area contributed by atoms with E-state index in [1.54, 1.807) is 0 Å². The predicted octanol–water partition coefficient (Wildman–Crippen LogP) is 2.06. The second kappa shape index (κ2) is 6.33. The number of aromatic nitrogens is 1. The van der Waals surface area contributed by atoms with Gasteiger partial charge in [-0.2, -0.15) is 0 Å². The Kier molecular flexibility index (Phi) is 4.70. The number of piperidine rings is 1. The Labute approximate surface area is 125 Å². The highest BCUT2D eigenvalue weighted by Crippen LogP contribution is 2.22. The molecule has 0 N–H and O–H groups in total. The van der Waals surface area contributed by atoms with E-state index in [9.17, 15) is 9.59 Å². The minimum Gasteiger partial charge on any atom is -0.466 e. The lowest BCUT2D eigenvalue weighted by Crippen LogP contribution is -2.40. The second-order valence-corrected chi connectivity index (χ2v) is 5.66. The van der Waals surface area contributed by atoms with Crippen LogP contribution in [0.4, 0.5) is 0 Å². The highest BCUT2D eigenvalue weighted by molar-refractivity contribution is 5.95. The van der Waals surface area contributed by atoms with Gasteiger partial charge in [0.1, 0.15) is 0 Å². The van der Waals surface area contributed by atoms with Gasteiger partial charge in [-0.05, 0) is 39.7 Å². The molecule has 2 heterocycles. The highest BCUT2D eigenvalue weighted by atomic mass is 16.5. The molecule has 0 radical (unpaired) electrons. The van der Waals surface area contributed by atoms with Crippen molar-refractivity contribution in [3.63, 3.8) is 0 Å². The molecule has 1 aromatic rings. The Morgan fingerprint density at radius 3 is 2.38 bits per heavy atom. The lowest BCUT2D eigenvalue weighted by atomic mass is 9.96. The Morgan fingerprint density at radius 1 is 1.29 bits per heavy atom. The van der Waals surface area contributed by atoms with Crippen molar-refractivity contribution >= 4 is 11.9 Å². The molecular weight excluding hydrogens is 268 g/mol. The maximum atomic E-state index is 12.6. The molecule has 1 aliphatic rings. The molecule has 21 heavy (non-hydrogen) atoms. The smallest absolute Gasteiger partial charge is 0.309 e. The van der Waals surface area contributed by atoms with Gasteiger partial charge in [-0.15, -0.1) is 0 Å². The van der Waals surface area contributed by atoms with Gasteiger partial charge in [0.2, 0.25) is 0 Å². The first-order valence-corrected chi connectivity index (χ1v) is 7.54. The largest absolute Gasteiger partial charge is 0.466 e. The molecule has 0 unspecified atom stereocenters. The number of likely N-dealkylation sites (tertiary alicyclic amines) is 1. The van der Waals surface area contributed by atoms with Crippen LogP contribution >= 0.6 is 0 Å². The van der Waals surface area contributed by atoms with Crippen molar-refractivity contribution < 1.29 is 14.3 Å². The third kappa shape index (κ3) is 3.12. The van der Waals surface area contributed by atoms with Crippen molar-refractivity contribution in [2.45, 2.75) is 33.6 Å². The molecule has 0 atom stereocenters. The third-order valence-corrected chi connectivity index (χ3v) is 4.41. The Bertz CT molecular complexity index is 540. The van der Waals surface area contributed by atoms with Crippen LogP contribution in [0.2, 0.25) is 0 Å². The Morgan fingerprint density at radius 2 is 1.90 bits per heavy atom. The Balaban J connectivity index is 2.00. The van der Waals surface area contributed by atoms with Gasteiger partial charge in [-0.3, -0.25) is 9.59 Å². The Hall–Kier alpha value is -1.78. The first-order valence-electron chi connectivity index (χ1n) is 7.54. The first kappa shape index (κ1) is 15.6. The number of hydrogen-bond donors (Lipinski definition) is 0. The minimum atomic E-state index is -0.128. The molecule has 5 heteroatoms. The maximum absolute atomic E-state index is 12.6. The standard InChI is InChI=1S/C16H24N2O3/c1-5-21-16(20)13-6-8-18(9-7-13)15(19)14-10-11(2)17(4)12(14)3/h10,13H,5-9H2,1-4H3. The van der Waals surface area contributed by atoms with Crippen molar-refractivity contribution in [2.24, 2.45) is 13.0 Å². The molecule has 1 amide bonds. The van der Waals surface area contributed by atoms with E-state index < -0.39 is 0 Å². The molecule has 116 valence electrons. The van der Waals surface area contributed by atoms with Crippen LogP contribution in [0.25, 0.3) is 0 Å². The normalized spacial score (nSPS) is 16.1. The van der Waals surface area contributed by atoms with Crippen LogP contribution in [0, 0.1) is 19.8 Å². The summed E-state index contributed by atoms with van der Waals surface area (Å²) in [5, 5.41) is 0. The zero-order valence-electron chi connectivity index (χ0n) is 13.3. The number of amides is 1. The van der Waals surface area contributed by atoms with Crippen LogP contribution in [0.3, 0.4) is 0 Å². The molecule has 1 saturated heterocycles. The van der Waals surface area contributed by atoms with Gasteiger partial charge in [0.25, 0.3) is 5.91 Å². The van der Waals surface area contributed by atoms with Gasteiger partial charge in [-0.1, -0.05) is 0 Å². The summed E-state index contributed by atoms with van der Waals surface area (Å²) in [6.45, 7) is 7.44. The number of nitrogens with zero attached hydrogens (tertiary/aromatic N) is 2. The SMILES string of the molecule is CCOC(=O)C1CCN(C(=O)c2cc(C)n(C)c2C)CC1. The van der Waals surface area contributed by atoms with E-state index in [1.807, 2.05) is 43.4 Å². The molecule has 5 nitrogen and oxygen atoms in total. The molecule has 1 aliphatic heterocycles. The lowest BCUT2D eigenvalue weighted by molar-refractivity contribution is -0.149. The van der Waals surface area contributed by atoms with Gasteiger partial charge < -0.3 is 14.2 Å². The van der Waals surface area contributed by atoms with Gasteiger partial charge in [-0.25, -0.2) is 0 Å². The number of rotatable bonds is 3. The topological polar surface area (TPSA) is 51.5 Å². The van der Waals surface area contributed by atoms with Crippen LogP contribution in [0.1, 0.15) is 41.5 Å². The van der Waals surface area contributed by atoms with E-state index in [1.165, 1.54) is 0 Å². The first-order chi connectivity index (χ1) is 9.95. The lowest BCUT2D eigenvalue weighted by Gasteiger charge is -2.30. The van der Waals surface area contributed by atoms with E-state index >= 15 is 0 Å². The fourth-order valence-corrected chi connectivity index (χ4v) is 2.82. The monoisotopic (exact) mass is 292 g/mol. The van der Waals surface area contributed by atoms with Crippen molar-refractivity contribution in [1.82, 2.24) is 9.47 Å². The summed E-state index contributed by atoms with van der Waals surface area (Å²) in [5.41, 5.74) is 2.84. The summed E-state index contributed by atoms with van der Waals surface area (Å²) in [7, 11) is 1.97. The number of aryl methyl sites for hydroxylation is 1. The van der Waals surface area contributed by atoms with E-state index in [2.05, 4.69) is 0 Å². The van der Waals surface area contributed by atoms with E-state index in [0.29, 0.717) is 32.5 Å². The van der Waals surface area contributed by atoms with Crippen molar-refractivity contribution in [2.75, 3.05) is 19.7 Å². The molecule has 0 aliphatic carbocycles. The molecule has 0 bridgehead atoms. The quantitative estimate of drug-likeness (QED) is 0.801. The van der Waals surface area contributed by atoms with Crippen molar-refractivity contribution in [3.8, 4) is 0 Å². The van der Waals surface area contributed by atoms with Gasteiger partial charge in [0.15, 0.2) is 0 Å². The third-order valence-electron chi connectivity index (χ3n) is 4.41. The molecule has 0 spiro atoms. The van der Waals surface area contributed by atoms with E-state index in [4.69, 9.17) is 4.74 Å². The summed E-state index contributed by atoms with van der Waals surface area (Å²) in [4.78, 5) is 26.1. The summed E-state index contributed by atoms with van der Waals surface area (Å²) < 4.78 is 7.08. The molecular formula is C16H24N2O3. The predicted molar refractivity (Wildman–Crippen MR) is 80.1 cm³/mol. The second-order valence-electron chi connectivity index (χ2n) is 5.66. The average molecular weight is 292 g/mol. The number of hydrogen-bond acceptors (Lipinski definition) is 3. The van der Waals surface area contributed by atoms with Crippen LogP contribution < -0.4 is 0 Å². The minimum absolute atomic E-state index is 0.0624. The summed E-state index contributed by atoms with van der Waals surface area (Å²) in [6.07, 6.45) is 1.38. The number of carbonyl (C=O) groups is 2. The van der Waals surface area contributed by atoms with Crippen LogP contribution in [-0.2, 0) is 16.6 Å². The summed E-state index contributed by atoms with van der Waals surface area (Å²) >= 11 is 0. The average Bonchev–Trinajstić information content (AvgIpc) is 2.74. The van der Waals surface area contributed by atoms with Gasteiger partial charge in [0.05, 0.1) is 18.1 Å². The molecule has 1 fully saturated rings. The fourth-order valence-electron chi connectivity index (χ4n) is 2.82. The van der Waals surface area contributed by atoms with Crippen molar-refractivity contribution in [3.05, 3.63) is 23.0 Å². The number of carbonyl (C=O) groups excluding carboxylic acids is 2. The van der Waals surface area contributed by atoms with Crippen LogP contribution in [-0.4, -0.2) is 41.0 Å². The fraction of sp³-hybridized carbons (Fsp3) is 0.625. The summed E-state index contributed by atoms with van der Waals surface area (Å²) in [5.74, 6) is -0.123. The van der Waals surface area contributed by atoms with Gasteiger partial charge >= 0.3 is 5.97 Å². The zero-order chi connectivity index (χ0) is 15.6. The molecule has 0 aromatic carbocycles. The van der Waals surface area contributed by atoms with E-state index in [-0.39, 0.29) is 17.8 Å². The number of ether oxygens (including phenoxy) is 1. The van der Waals surface area contributed by atoms with Crippen LogP contribution in [0.15, 0.2) is 6.07 Å². The van der Waals surface area contributed by atoms with Gasteiger partial charge in [0, 0.05) is 31.5 Å². The van der Waals surface area contributed by atoms with Crippen molar-refractivity contribution in [1.29, 1.82) is 0 Å². The molecule has 1 aromatic heterocycles. The summed E-state index contributed by atoms with van der Waals surface area (Å²) in [6, 6.07) is 1.94. The van der Waals surface area contributed by atoms with E-state index in [0.717, 1.165) is 17.0 Å². The molecule has 0 saturated carbocycles. The highest BCUT2D eigenvalue weighted by Gasteiger charge is 2.29. The maximum Gasteiger partial charge on any atom is 0.309 e.